The molecule has 1 heterocycles. The van der Waals surface area contributed by atoms with E-state index in [0.717, 1.165) is 0 Å². The summed E-state index contributed by atoms with van der Waals surface area (Å²) >= 11 is 5.68. The van der Waals surface area contributed by atoms with Crippen LogP contribution in [0.5, 0.6) is 0 Å². The van der Waals surface area contributed by atoms with Crippen molar-refractivity contribution < 1.29 is 49.4 Å². The molecule has 0 spiro atoms. The molecule has 1 rings (SSSR count). The molecule has 15 heteroatoms. The molecule has 14 nitrogen and oxygen atoms in total. The normalized spacial score (nSPS) is 28.7. The smallest absolute Gasteiger partial charge is 0.325 e. The number of carboxylic acids is 1. The summed E-state index contributed by atoms with van der Waals surface area (Å²) in [6, 6.07) is -2.82. The van der Waals surface area contributed by atoms with E-state index in [2.05, 4.69) is 20.8 Å². The van der Waals surface area contributed by atoms with E-state index in [0.29, 0.717) is 32.4 Å². The Bertz CT molecular complexity index is 718. The van der Waals surface area contributed by atoms with Gasteiger partial charge in [-0.05, 0) is 45.0 Å². The average Bonchev–Trinajstić information content (AvgIpc) is 2.85. The van der Waals surface area contributed by atoms with Gasteiger partial charge in [-0.2, -0.15) is 0 Å². The summed E-state index contributed by atoms with van der Waals surface area (Å²) in [5.41, 5.74) is 0. The van der Waals surface area contributed by atoms with Crippen LogP contribution < -0.4 is 20.8 Å². The number of hydrogen-bond acceptors (Lipinski definition) is 11. The number of methoxy groups -OCH3 is 1. The highest BCUT2D eigenvalue weighted by atomic mass is 35.5. The number of carbonyl (C=O) groups excluding carboxylic acids is 2. The Morgan fingerprint density at radius 2 is 1.67 bits per heavy atom. The molecule has 0 aromatic rings. The summed E-state index contributed by atoms with van der Waals surface area (Å²) in [5, 5.41) is 56.4. The predicted octanol–water partition coefficient (Wildman–Crippen LogP) is -2.84. The van der Waals surface area contributed by atoms with Crippen LogP contribution in [0.2, 0.25) is 0 Å². The van der Waals surface area contributed by atoms with Crippen LogP contribution in [0.4, 0.5) is 0 Å². The Balaban J connectivity index is 2.39. The zero-order valence-electron chi connectivity index (χ0n) is 20.6. The van der Waals surface area contributed by atoms with Gasteiger partial charge in [0.15, 0.2) is 5.79 Å². The van der Waals surface area contributed by atoms with Gasteiger partial charge in [-0.1, -0.05) is 6.42 Å². The molecular formula is C21H39ClN4O10. The minimum atomic E-state index is -1.60. The van der Waals surface area contributed by atoms with E-state index in [9.17, 15) is 34.8 Å². The first-order chi connectivity index (χ1) is 16.9. The lowest BCUT2D eigenvalue weighted by molar-refractivity contribution is -0.358. The highest BCUT2D eigenvalue weighted by Gasteiger charge is 2.53. The first-order valence-electron chi connectivity index (χ1n) is 11.7. The van der Waals surface area contributed by atoms with E-state index in [4.69, 9.17) is 26.4 Å². The summed E-state index contributed by atoms with van der Waals surface area (Å²) in [7, 11) is 1.30. The monoisotopic (exact) mass is 542 g/mol. The van der Waals surface area contributed by atoms with E-state index in [1.165, 1.54) is 21.0 Å². The third-order valence-corrected chi connectivity index (χ3v) is 6.32. The topological polar surface area (TPSA) is 219 Å². The highest BCUT2D eigenvalue weighted by Crippen LogP contribution is 2.33. The van der Waals surface area contributed by atoms with Crippen molar-refractivity contribution in [3.63, 3.8) is 0 Å². The van der Waals surface area contributed by atoms with Crippen LogP contribution in [0.3, 0.4) is 0 Å². The van der Waals surface area contributed by atoms with Gasteiger partial charge >= 0.3 is 5.97 Å². The van der Waals surface area contributed by atoms with Gasteiger partial charge in [-0.15, -0.1) is 0 Å². The number of nitrogens with one attached hydrogen (secondary N) is 4. The lowest BCUT2D eigenvalue weighted by Crippen LogP contribution is -2.66. The van der Waals surface area contributed by atoms with Crippen molar-refractivity contribution in [3.05, 3.63) is 0 Å². The average molecular weight is 543 g/mol. The molecule has 1 aliphatic rings. The Kier molecular flexibility index (Phi) is 14.0. The van der Waals surface area contributed by atoms with Crippen molar-refractivity contribution in [1.82, 2.24) is 20.8 Å². The summed E-state index contributed by atoms with van der Waals surface area (Å²) in [4.78, 5) is 37.6. The maximum absolute atomic E-state index is 12.4. The zero-order chi connectivity index (χ0) is 27.5. The summed E-state index contributed by atoms with van der Waals surface area (Å²) in [6.07, 6.45) is -3.89. The molecule has 0 aromatic heterocycles. The number of aliphatic hydroxyl groups is 4. The minimum Gasteiger partial charge on any atom is -0.480 e. The van der Waals surface area contributed by atoms with Crippen molar-refractivity contribution in [3.8, 4) is 0 Å². The van der Waals surface area contributed by atoms with Crippen molar-refractivity contribution >= 4 is 29.6 Å². The van der Waals surface area contributed by atoms with E-state index >= 15 is 0 Å². The summed E-state index contributed by atoms with van der Waals surface area (Å²) in [5.74, 6) is -3.94. The molecule has 9 N–H and O–H groups in total. The van der Waals surface area contributed by atoms with Gasteiger partial charge in [-0.3, -0.25) is 14.4 Å². The van der Waals surface area contributed by atoms with Crippen LogP contribution in [-0.2, 0) is 23.9 Å². The Morgan fingerprint density at radius 1 is 1.03 bits per heavy atom. The number of aliphatic hydroxyl groups excluding tert-OH is 4. The van der Waals surface area contributed by atoms with Crippen LogP contribution in [0, 0.1) is 0 Å². The van der Waals surface area contributed by atoms with E-state index in [1.807, 2.05) is 0 Å². The van der Waals surface area contributed by atoms with Gasteiger partial charge < -0.3 is 51.0 Å². The molecule has 0 saturated carbocycles. The molecule has 0 aliphatic carbocycles. The first kappa shape index (κ1) is 32.4. The van der Waals surface area contributed by atoms with E-state index < -0.39 is 72.7 Å². The number of carboxylic acid groups (broad SMARTS) is 1. The third-order valence-electron chi connectivity index (χ3n) is 6.06. The van der Waals surface area contributed by atoms with Crippen molar-refractivity contribution in [2.75, 3.05) is 26.8 Å². The van der Waals surface area contributed by atoms with Crippen LogP contribution >= 0.6 is 11.8 Å². The summed E-state index contributed by atoms with van der Waals surface area (Å²) in [6.45, 7) is 3.04. The zero-order valence-corrected chi connectivity index (χ0v) is 21.4. The molecule has 0 radical (unpaired) electrons. The van der Waals surface area contributed by atoms with Gasteiger partial charge in [0.2, 0.25) is 11.8 Å². The molecule has 0 bridgehead atoms. The van der Waals surface area contributed by atoms with E-state index in [-0.39, 0.29) is 6.42 Å². The number of halogens is 1. The number of hydrogen-bond donors (Lipinski definition) is 9. The van der Waals surface area contributed by atoms with Gasteiger partial charge in [0.05, 0.1) is 6.61 Å². The quantitative estimate of drug-likeness (QED) is 0.0711. The molecule has 1 aliphatic heterocycles. The lowest BCUT2D eigenvalue weighted by atomic mass is 9.90. The Hall–Kier alpha value is -1.62. The fraction of sp³-hybridized carbons (Fsp3) is 0.857. The number of ether oxygens (including phenoxy) is 2. The summed E-state index contributed by atoms with van der Waals surface area (Å²) < 4.78 is 10.9. The van der Waals surface area contributed by atoms with E-state index in [1.54, 1.807) is 0 Å². The fourth-order valence-corrected chi connectivity index (χ4v) is 3.89. The maximum Gasteiger partial charge on any atom is 0.325 e. The molecule has 2 amide bonds. The van der Waals surface area contributed by atoms with Crippen molar-refractivity contribution in [2.24, 2.45) is 0 Å². The SMILES string of the molecule is COC1(CCNCCCCC(NCl)C(=O)NC(C)C(=O)NC(C)C(=O)O)OC(CO)C(O)C(O)C1O. The molecule has 0 aromatic carbocycles. The standard InChI is InChI=1S/C21H39ClN4O10/c1-11(18(31)25-12(2)20(33)34)24-19(32)13(26-22)6-4-5-8-23-9-7-21(35-3)17(30)16(29)15(28)14(10-27)36-21/h11-17,23,26-30H,4-10H2,1-3H3,(H,24,32)(H,25,31)(H,33,34). The Labute approximate surface area is 214 Å². The minimum absolute atomic E-state index is 0.125. The van der Waals surface area contributed by atoms with Crippen LogP contribution in [0.1, 0.15) is 39.5 Å². The largest absolute Gasteiger partial charge is 0.480 e. The van der Waals surface area contributed by atoms with Crippen LogP contribution in [0.25, 0.3) is 0 Å². The third kappa shape index (κ3) is 9.04. The second-order valence-corrected chi connectivity index (χ2v) is 8.96. The fourth-order valence-electron chi connectivity index (χ4n) is 3.69. The number of unbranched alkanes of at least 4 members (excludes halogenated alkanes) is 1. The molecule has 1 saturated heterocycles. The first-order valence-corrected chi connectivity index (χ1v) is 12.1. The van der Waals surface area contributed by atoms with Gasteiger partial charge in [0, 0.05) is 20.1 Å². The van der Waals surface area contributed by atoms with Crippen molar-refractivity contribution in [1.29, 1.82) is 0 Å². The van der Waals surface area contributed by atoms with Gasteiger partial charge in [0.25, 0.3) is 0 Å². The second kappa shape index (κ2) is 15.6. The van der Waals surface area contributed by atoms with Crippen LogP contribution in [0.15, 0.2) is 0 Å². The highest BCUT2D eigenvalue weighted by molar-refractivity contribution is 6.15. The van der Waals surface area contributed by atoms with Crippen LogP contribution in [-0.4, -0.2) is 118 Å². The number of amides is 2. The van der Waals surface area contributed by atoms with Gasteiger partial charge in [-0.25, -0.2) is 4.84 Å². The number of aliphatic carboxylic acids is 1. The molecule has 8 unspecified atom stereocenters. The predicted molar refractivity (Wildman–Crippen MR) is 127 cm³/mol. The molecular weight excluding hydrogens is 504 g/mol. The lowest BCUT2D eigenvalue weighted by Gasteiger charge is -2.47. The maximum atomic E-state index is 12.4. The molecule has 8 atom stereocenters. The Morgan fingerprint density at radius 3 is 2.22 bits per heavy atom. The molecule has 1 fully saturated rings. The second-order valence-electron chi connectivity index (χ2n) is 8.74. The van der Waals surface area contributed by atoms with Crippen molar-refractivity contribution in [2.45, 2.75) is 87.9 Å². The van der Waals surface area contributed by atoms with Gasteiger partial charge in [0.1, 0.15) is 42.5 Å². The molecule has 210 valence electrons. The molecule has 36 heavy (non-hydrogen) atoms. The number of rotatable bonds is 16. The number of carbonyl (C=O) groups is 3.